The van der Waals surface area contributed by atoms with Gasteiger partial charge in [0.1, 0.15) is 54.5 Å². The van der Waals surface area contributed by atoms with Crippen molar-refractivity contribution < 1.29 is 73.0 Å². The molecule has 2 aliphatic heterocycles. The summed E-state index contributed by atoms with van der Waals surface area (Å²) in [6.45, 7) is 1.64. The Kier molecular flexibility index (Phi) is 16.0. The van der Waals surface area contributed by atoms with Gasteiger partial charge in [-0.05, 0) is 36.6 Å². The average Bonchev–Trinajstić information content (AvgIpc) is 3.07. The standard InChI is InChI=1S/C29H44N4O15/c1-4-43-26(39)17(12-15-6-8-16(9-7-15)44-11-5-10-31-33-30)32-29(40)48-25-21(35)19(46-27(42-3)24(25)38)14-45-28-23(37)22(36)20(34)18(47-28)13-41-2/h6-9,17-25,27-28,34-38H,4-5,10-14H2,1-3H3,(H,32,40)/t17-,18?,19?,20+,21+,22-,23?,24?,25-,27-,28-/m0/s1. The highest BCUT2D eigenvalue weighted by atomic mass is 16.7. The minimum atomic E-state index is -1.71. The maximum Gasteiger partial charge on any atom is 0.408 e. The zero-order valence-corrected chi connectivity index (χ0v) is 26.8. The highest BCUT2D eigenvalue weighted by Crippen LogP contribution is 2.27. The number of azide groups is 1. The van der Waals surface area contributed by atoms with Gasteiger partial charge in [-0.3, -0.25) is 0 Å². The third-order valence-corrected chi connectivity index (χ3v) is 7.50. The molecule has 11 atom stereocenters. The molecular formula is C29H44N4O15. The Labute approximate surface area is 276 Å². The number of aliphatic hydroxyl groups excluding tert-OH is 5. The molecule has 2 saturated heterocycles. The predicted molar refractivity (Wildman–Crippen MR) is 160 cm³/mol. The number of methoxy groups -OCH3 is 2. The van der Waals surface area contributed by atoms with Crippen molar-refractivity contribution in [2.45, 2.75) is 87.2 Å². The van der Waals surface area contributed by atoms with Crippen molar-refractivity contribution >= 4 is 12.1 Å². The van der Waals surface area contributed by atoms with Gasteiger partial charge >= 0.3 is 12.1 Å². The molecule has 4 unspecified atom stereocenters. The van der Waals surface area contributed by atoms with Crippen LogP contribution < -0.4 is 10.1 Å². The Hall–Kier alpha value is -3.33. The minimum absolute atomic E-state index is 0.00449. The second-order valence-electron chi connectivity index (χ2n) is 10.9. The van der Waals surface area contributed by atoms with E-state index in [4.69, 9.17) is 43.4 Å². The fourth-order valence-electron chi connectivity index (χ4n) is 4.98. The SMILES string of the molecule is CCOC(=O)[C@H](Cc1ccc(OCCCN=[N+]=[N-])cc1)NC(=O)O[C@@H]1C(O)[C@@H](OC)OC(CO[C@H]2OC(COC)[C@@H](O)[C@H](O)C2O)[C@H]1O. The Morgan fingerprint density at radius 3 is 2.29 bits per heavy atom. The van der Waals surface area contributed by atoms with Crippen LogP contribution in [0, 0.1) is 0 Å². The molecule has 2 fully saturated rings. The summed E-state index contributed by atoms with van der Waals surface area (Å²) in [5.74, 6) is -0.214. The first kappa shape index (κ1) is 39.1. The molecule has 6 N–H and O–H groups in total. The van der Waals surface area contributed by atoms with Gasteiger partial charge in [0.25, 0.3) is 0 Å². The molecule has 0 spiro atoms. The number of hydrogen-bond acceptors (Lipinski definition) is 16. The van der Waals surface area contributed by atoms with Crippen LogP contribution in [-0.4, -0.2) is 152 Å². The van der Waals surface area contributed by atoms with Crippen molar-refractivity contribution in [1.82, 2.24) is 5.32 Å². The van der Waals surface area contributed by atoms with Crippen LogP contribution >= 0.6 is 0 Å². The molecule has 0 aliphatic carbocycles. The number of carbonyl (C=O) groups is 2. The van der Waals surface area contributed by atoms with E-state index in [1.807, 2.05) is 0 Å². The number of rotatable bonds is 17. The van der Waals surface area contributed by atoms with Gasteiger partial charge in [0.15, 0.2) is 18.7 Å². The molecule has 3 rings (SSSR count). The number of alkyl carbamates (subject to hydrolysis) is 1. The Morgan fingerprint density at radius 2 is 1.65 bits per heavy atom. The van der Waals surface area contributed by atoms with Gasteiger partial charge in [-0.15, -0.1) is 0 Å². The van der Waals surface area contributed by atoms with Gasteiger partial charge in [0, 0.05) is 32.1 Å². The molecule has 1 amide bonds. The molecule has 48 heavy (non-hydrogen) atoms. The van der Waals surface area contributed by atoms with Gasteiger partial charge in [-0.1, -0.05) is 17.2 Å². The van der Waals surface area contributed by atoms with E-state index in [0.717, 1.165) is 0 Å². The first-order valence-electron chi connectivity index (χ1n) is 15.2. The lowest BCUT2D eigenvalue weighted by molar-refractivity contribution is -0.328. The quantitative estimate of drug-likeness (QED) is 0.0373. The number of hydrogen-bond donors (Lipinski definition) is 6. The largest absolute Gasteiger partial charge is 0.494 e. The van der Waals surface area contributed by atoms with Gasteiger partial charge in [-0.2, -0.15) is 0 Å². The van der Waals surface area contributed by atoms with E-state index >= 15 is 0 Å². The van der Waals surface area contributed by atoms with Gasteiger partial charge < -0.3 is 68.7 Å². The van der Waals surface area contributed by atoms with Gasteiger partial charge in [0.2, 0.25) is 0 Å². The van der Waals surface area contributed by atoms with Crippen LogP contribution in [0.2, 0.25) is 0 Å². The van der Waals surface area contributed by atoms with E-state index in [-0.39, 0.29) is 19.6 Å². The highest BCUT2D eigenvalue weighted by Gasteiger charge is 2.49. The molecule has 19 nitrogen and oxygen atoms in total. The summed E-state index contributed by atoms with van der Waals surface area (Å²) in [7, 11) is 2.56. The van der Waals surface area contributed by atoms with E-state index in [9.17, 15) is 35.1 Å². The first-order chi connectivity index (χ1) is 23.0. The lowest BCUT2D eigenvalue weighted by atomic mass is 9.98. The van der Waals surface area contributed by atoms with Crippen molar-refractivity contribution in [3.8, 4) is 5.75 Å². The monoisotopic (exact) mass is 688 g/mol. The first-order valence-corrected chi connectivity index (χ1v) is 15.2. The summed E-state index contributed by atoms with van der Waals surface area (Å²) < 4.78 is 42.8. The predicted octanol–water partition coefficient (Wildman–Crippen LogP) is -1.10. The van der Waals surface area contributed by atoms with Crippen LogP contribution in [0.4, 0.5) is 4.79 Å². The number of aliphatic hydroxyl groups is 5. The summed E-state index contributed by atoms with van der Waals surface area (Å²) >= 11 is 0. The molecule has 0 bridgehead atoms. The third kappa shape index (κ3) is 10.8. The summed E-state index contributed by atoms with van der Waals surface area (Å²) in [5, 5.41) is 58.3. The molecule has 2 heterocycles. The fourth-order valence-corrected chi connectivity index (χ4v) is 4.98. The van der Waals surface area contributed by atoms with E-state index < -0.39 is 86.1 Å². The second kappa shape index (κ2) is 19.6. The van der Waals surface area contributed by atoms with Gasteiger partial charge in [0.05, 0.1) is 26.4 Å². The molecule has 1 aromatic carbocycles. The number of ether oxygens (including phenoxy) is 8. The summed E-state index contributed by atoms with van der Waals surface area (Å²) in [6, 6.07) is 5.50. The van der Waals surface area contributed by atoms with Crippen LogP contribution in [0.15, 0.2) is 29.4 Å². The van der Waals surface area contributed by atoms with Crippen LogP contribution in [0.3, 0.4) is 0 Å². The highest BCUT2D eigenvalue weighted by molar-refractivity contribution is 5.81. The number of nitrogens with one attached hydrogen (secondary N) is 1. The molecule has 1 aromatic rings. The lowest BCUT2D eigenvalue weighted by Crippen LogP contribution is -2.62. The molecule has 2 aliphatic rings. The minimum Gasteiger partial charge on any atom is -0.494 e. The number of nitrogens with zero attached hydrogens (tertiary/aromatic N) is 3. The molecule has 0 radical (unpaired) electrons. The zero-order valence-electron chi connectivity index (χ0n) is 26.8. The zero-order chi connectivity index (χ0) is 35.2. The van der Waals surface area contributed by atoms with Crippen molar-refractivity contribution in [2.24, 2.45) is 5.11 Å². The maximum atomic E-state index is 13.0. The Balaban J connectivity index is 1.64. The molecule has 0 saturated carbocycles. The molecule has 0 aromatic heterocycles. The van der Waals surface area contributed by atoms with Crippen molar-refractivity contribution in [1.29, 1.82) is 0 Å². The van der Waals surface area contributed by atoms with Crippen LogP contribution in [0.1, 0.15) is 18.9 Å². The Morgan fingerprint density at radius 1 is 0.958 bits per heavy atom. The Bertz CT molecular complexity index is 1190. The van der Waals surface area contributed by atoms with Crippen LogP contribution in [-0.2, 0) is 44.4 Å². The van der Waals surface area contributed by atoms with E-state index in [1.165, 1.54) is 14.2 Å². The van der Waals surface area contributed by atoms with E-state index in [0.29, 0.717) is 30.9 Å². The molecular weight excluding hydrogens is 644 g/mol. The molecule has 19 heteroatoms. The van der Waals surface area contributed by atoms with Gasteiger partial charge in [-0.25, -0.2) is 9.59 Å². The number of esters is 1. The summed E-state index contributed by atoms with van der Waals surface area (Å²) in [4.78, 5) is 28.4. The van der Waals surface area contributed by atoms with Crippen LogP contribution in [0.5, 0.6) is 5.75 Å². The normalized spacial score (nSPS) is 30.8. The number of amides is 1. The number of carbonyl (C=O) groups excluding carboxylic acids is 2. The number of benzene rings is 1. The lowest BCUT2D eigenvalue weighted by Gasteiger charge is -2.43. The third-order valence-electron chi connectivity index (χ3n) is 7.50. The van der Waals surface area contributed by atoms with Crippen molar-refractivity contribution in [3.05, 3.63) is 40.3 Å². The maximum absolute atomic E-state index is 13.0. The summed E-state index contributed by atoms with van der Waals surface area (Å²) in [6.07, 6.45) is -15.6. The van der Waals surface area contributed by atoms with Crippen molar-refractivity contribution in [2.75, 3.05) is 47.2 Å². The smallest absolute Gasteiger partial charge is 0.408 e. The second-order valence-corrected chi connectivity index (χ2v) is 10.9. The summed E-state index contributed by atoms with van der Waals surface area (Å²) in [5.41, 5.74) is 8.97. The molecule has 270 valence electrons. The average molecular weight is 689 g/mol. The topological polar surface area (TPSA) is 270 Å². The fraction of sp³-hybridized carbons (Fsp3) is 0.724. The van der Waals surface area contributed by atoms with Crippen molar-refractivity contribution in [3.63, 3.8) is 0 Å². The van der Waals surface area contributed by atoms with E-state index in [2.05, 4.69) is 15.3 Å². The van der Waals surface area contributed by atoms with E-state index in [1.54, 1.807) is 31.2 Å². The van der Waals surface area contributed by atoms with Crippen LogP contribution in [0.25, 0.3) is 10.4 Å².